The number of benzene rings is 1. The van der Waals surface area contributed by atoms with E-state index >= 15 is 0 Å². The van der Waals surface area contributed by atoms with Crippen LogP contribution >= 0.6 is 0 Å². The average Bonchev–Trinajstić information content (AvgIpc) is 2.37. The van der Waals surface area contributed by atoms with Gasteiger partial charge in [0, 0.05) is 13.1 Å². The van der Waals surface area contributed by atoms with Crippen LogP contribution in [0.3, 0.4) is 0 Å². The van der Waals surface area contributed by atoms with E-state index in [9.17, 15) is 9.90 Å². The smallest absolute Gasteiger partial charge is 0.324 e. The molecule has 0 spiro atoms. The van der Waals surface area contributed by atoms with Gasteiger partial charge >= 0.3 is 5.97 Å². The Morgan fingerprint density at radius 1 is 1.50 bits per heavy atom. The van der Waals surface area contributed by atoms with Crippen LogP contribution in [-0.2, 0) is 11.3 Å². The highest BCUT2D eigenvalue weighted by molar-refractivity contribution is 5.80. The summed E-state index contributed by atoms with van der Waals surface area (Å²) in [4.78, 5) is 11.3. The minimum absolute atomic E-state index is 0.202. The zero-order valence-corrected chi connectivity index (χ0v) is 10.6. The standard InChI is InChI=1S/C14H20N2O2/c1-11-9-16-14(11,13(17)18)7-8-15-10-12-5-3-2-4-6-12/h2-6,11,15-16H,7-10H2,1H3,(H,17,18)/t11-,14+/m0/s1. The van der Waals surface area contributed by atoms with Crippen LogP contribution in [0.15, 0.2) is 30.3 Å². The van der Waals surface area contributed by atoms with E-state index in [0.29, 0.717) is 13.0 Å². The lowest BCUT2D eigenvalue weighted by molar-refractivity contribution is -0.152. The van der Waals surface area contributed by atoms with Gasteiger partial charge in [-0.25, -0.2) is 0 Å². The maximum Gasteiger partial charge on any atom is 0.324 e. The maximum atomic E-state index is 11.3. The van der Waals surface area contributed by atoms with Crippen molar-refractivity contribution in [3.05, 3.63) is 35.9 Å². The summed E-state index contributed by atoms with van der Waals surface area (Å²) in [5.74, 6) is -0.531. The number of hydrogen-bond acceptors (Lipinski definition) is 3. The van der Waals surface area contributed by atoms with Crippen LogP contribution in [0.1, 0.15) is 18.9 Å². The number of carboxylic acid groups (broad SMARTS) is 1. The molecule has 0 aliphatic carbocycles. The maximum absolute atomic E-state index is 11.3. The highest BCUT2D eigenvalue weighted by Gasteiger charge is 2.49. The van der Waals surface area contributed by atoms with Gasteiger partial charge in [-0.3, -0.25) is 4.79 Å². The first-order valence-electron chi connectivity index (χ1n) is 6.38. The number of carboxylic acids is 1. The summed E-state index contributed by atoms with van der Waals surface area (Å²) in [5.41, 5.74) is 0.500. The molecule has 1 heterocycles. The van der Waals surface area contributed by atoms with Crippen molar-refractivity contribution in [2.24, 2.45) is 5.92 Å². The third kappa shape index (κ3) is 2.54. The molecule has 0 saturated carbocycles. The van der Waals surface area contributed by atoms with Gasteiger partial charge in [-0.15, -0.1) is 0 Å². The highest BCUT2D eigenvalue weighted by Crippen LogP contribution is 2.29. The quantitative estimate of drug-likeness (QED) is 0.663. The number of carbonyl (C=O) groups is 1. The van der Waals surface area contributed by atoms with Crippen molar-refractivity contribution in [2.45, 2.75) is 25.4 Å². The first-order valence-corrected chi connectivity index (χ1v) is 6.38. The second-order valence-corrected chi connectivity index (χ2v) is 4.97. The Labute approximate surface area is 107 Å². The van der Waals surface area contributed by atoms with Crippen LogP contribution in [0.5, 0.6) is 0 Å². The van der Waals surface area contributed by atoms with Crippen LogP contribution < -0.4 is 10.6 Å². The fraction of sp³-hybridized carbons (Fsp3) is 0.500. The van der Waals surface area contributed by atoms with Gasteiger partial charge in [0.1, 0.15) is 5.54 Å². The second kappa shape index (κ2) is 5.50. The van der Waals surface area contributed by atoms with Gasteiger partial charge in [0.05, 0.1) is 0 Å². The molecule has 1 aliphatic rings. The van der Waals surface area contributed by atoms with Crippen molar-refractivity contribution in [1.82, 2.24) is 10.6 Å². The molecule has 0 radical (unpaired) electrons. The Morgan fingerprint density at radius 2 is 2.22 bits per heavy atom. The molecule has 2 rings (SSSR count). The molecule has 0 unspecified atom stereocenters. The monoisotopic (exact) mass is 248 g/mol. The van der Waals surface area contributed by atoms with Crippen molar-refractivity contribution in [2.75, 3.05) is 13.1 Å². The van der Waals surface area contributed by atoms with Crippen LogP contribution in [0.25, 0.3) is 0 Å². The zero-order valence-electron chi connectivity index (χ0n) is 10.6. The first kappa shape index (κ1) is 13.1. The average molecular weight is 248 g/mol. The van der Waals surface area contributed by atoms with Gasteiger partial charge < -0.3 is 15.7 Å². The topological polar surface area (TPSA) is 61.4 Å². The molecule has 4 nitrogen and oxygen atoms in total. The number of hydrogen-bond donors (Lipinski definition) is 3. The molecule has 98 valence electrons. The summed E-state index contributed by atoms with van der Waals surface area (Å²) in [6.45, 7) is 4.27. The summed E-state index contributed by atoms with van der Waals surface area (Å²) in [6.07, 6.45) is 0.621. The van der Waals surface area contributed by atoms with E-state index < -0.39 is 11.5 Å². The van der Waals surface area contributed by atoms with E-state index in [1.165, 1.54) is 5.56 Å². The Kier molecular flexibility index (Phi) is 3.99. The van der Waals surface area contributed by atoms with Gasteiger partial charge in [0.2, 0.25) is 0 Å². The molecule has 1 saturated heterocycles. The molecule has 1 aliphatic heterocycles. The predicted octanol–water partition coefficient (Wildman–Crippen LogP) is 1.23. The fourth-order valence-corrected chi connectivity index (χ4v) is 2.39. The summed E-state index contributed by atoms with van der Waals surface area (Å²) in [7, 11) is 0. The van der Waals surface area contributed by atoms with Gasteiger partial charge in [-0.2, -0.15) is 0 Å². The third-order valence-corrected chi connectivity index (χ3v) is 3.81. The highest BCUT2D eigenvalue weighted by atomic mass is 16.4. The Morgan fingerprint density at radius 3 is 2.72 bits per heavy atom. The Bertz CT molecular complexity index is 408. The van der Waals surface area contributed by atoms with Crippen molar-refractivity contribution in [3.63, 3.8) is 0 Å². The molecule has 0 amide bonds. The number of aliphatic carboxylic acids is 1. The fourth-order valence-electron chi connectivity index (χ4n) is 2.39. The molecule has 1 fully saturated rings. The summed E-state index contributed by atoms with van der Waals surface area (Å²) in [6, 6.07) is 10.1. The molecule has 3 N–H and O–H groups in total. The Balaban J connectivity index is 1.77. The van der Waals surface area contributed by atoms with E-state index in [0.717, 1.165) is 13.1 Å². The van der Waals surface area contributed by atoms with Crippen LogP contribution in [0.4, 0.5) is 0 Å². The van der Waals surface area contributed by atoms with E-state index in [1.54, 1.807) is 0 Å². The van der Waals surface area contributed by atoms with E-state index in [2.05, 4.69) is 22.8 Å². The Hall–Kier alpha value is -1.39. The predicted molar refractivity (Wildman–Crippen MR) is 70.3 cm³/mol. The van der Waals surface area contributed by atoms with E-state index in [-0.39, 0.29) is 5.92 Å². The van der Waals surface area contributed by atoms with Gasteiger partial charge in [-0.05, 0) is 24.4 Å². The SMILES string of the molecule is C[C@H]1CN[C@@]1(CCNCc1ccccc1)C(=O)O. The normalized spacial score (nSPS) is 26.6. The van der Waals surface area contributed by atoms with Gasteiger partial charge in [0.15, 0.2) is 0 Å². The molecule has 18 heavy (non-hydrogen) atoms. The van der Waals surface area contributed by atoms with Crippen LogP contribution in [-0.4, -0.2) is 29.7 Å². The van der Waals surface area contributed by atoms with Gasteiger partial charge in [-0.1, -0.05) is 37.3 Å². The molecular weight excluding hydrogens is 228 g/mol. The van der Waals surface area contributed by atoms with Crippen molar-refractivity contribution < 1.29 is 9.90 Å². The lowest BCUT2D eigenvalue weighted by Crippen LogP contribution is -2.69. The zero-order chi connectivity index (χ0) is 13.0. The van der Waals surface area contributed by atoms with Crippen LogP contribution in [0, 0.1) is 5.92 Å². The first-order chi connectivity index (χ1) is 8.65. The van der Waals surface area contributed by atoms with Gasteiger partial charge in [0.25, 0.3) is 0 Å². The summed E-state index contributed by atoms with van der Waals surface area (Å²) in [5, 5.41) is 15.6. The minimum atomic E-state index is -0.734. The molecular formula is C14H20N2O2. The molecule has 1 aromatic rings. The molecule has 0 aromatic heterocycles. The van der Waals surface area contributed by atoms with E-state index in [4.69, 9.17) is 0 Å². The lowest BCUT2D eigenvalue weighted by Gasteiger charge is -2.45. The molecule has 0 bridgehead atoms. The van der Waals surface area contributed by atoms with Crippen molar-refractivity contribution in [1.29, 1.82) is 0 Å². The van der Waals surface area contributed by atoms with Crippen LogP contribution in [0.2, 0.25) is 0 Å². The summed E-state index contributed by atoms with van der Waals surface area (Å²) >= 11 is 0. The van der Waals surface area contributed by atoms with E-state index in [1.807, 2.05) is 25.1 Å². The molecule has 2 atom stereocenters. The molecule has 1 aromatic carbocycles. The number of rotatable bonds is 6. The lowest BCUT2D eigenvalue weighted by atomic mass is 9.75. The second-order valence-electron chi connectivity index (χ2n) is 4.97. The molecule has 4 heteroatoms. The minimum Gasteiger partial charge on any atom is -0.480 e. The largest absolute Gasteiger partial charge is 0.480 e. The summed E-state index contributed by atoms with van der Waals surface area (Å²) < 4.78 is 0. The van der Waals surface area contributed by atoms with Crippen molar-refractivity contribution >= 4 is 5.97 Å². The third-order valence-electron chi connectivity index (χ3n) is 3.81. The van der Waals surface area contributed by atoms with Crippen molar-refractivity contribution in [3.8, 4) is 0 Å². The number of nitrogens with one attached hydrogen (secondary N) is 2.